The van der Waals surface area contributed by atoms with Crippen LogP contribution in [0.4, 0.5) is 5.69 Å². The molecule has 2 N–H and O–H groups in total. The van der Waals surface area contributed by atoms with Crippen molar-refractivity contribution in [3.63, 3.8) is 0 Å². The van der Waals surface area contributed by atoms with Gasteiger partial charge >= 0.3 is 0 Å². The van der Waals surface area contributed by atoms with Gasteiger partial charge in [0.2, 0.25) is 5.91 Å². The number of carbonyl (C=O) groups excluding carboxylic acids is 1. The van der Waals surface area contributed by atoms with Crippen LogP contribution in [0.1, 0.15) is 31.2 Å². The van der Waals surface area contributed by atoms with E-state index in [4.69, 9.17) is 0 Å². The van der Waals surface area contributed by atoms with E-state index >= 15 is 0 Å². The Balaban J connectivity index is 1.45. The predicted molar refractivity (Wildman–Crippen MR) is 93.7 cm³/mol. The molecule has 2 fully saturated rings. The SMILES string of the molecule is O=C(Nc1cnn(Cc2ccccc2)c1)[C@@]12CCCC[C@H]1CNC2. The van der Waals surface area contributed by atoms with E-state index in [1.165, 1.54) is 12.0 Å². The molecule has 5 heteroatoms. The molecule has 5 nitrogen and oxygen atoms in total. The second-order valence-electron chi connectivity index (χ2n) is 7.10. The number of nitrogens with zero attached hydrogens (tertiary/aromatic N) is 2. The molecule has 2 aliphatic rings. The molecule has 24 heavy (non-hydrogen) atoms. The largest absolute Gasteiger partial charge is 0.323 e. The van der Waals surface area contributed by atoms with E-state index in [1.807, 2.05) is 29.1 Å². The summed E-state index contributed by atoms with van der Waals surface area (Å²) < 4.78 is 1.87. The maximum Gasteiger partial charge on any atom is 0.232 e. The third kappa shape index (κ3) is 2.84. The standard InChI is InChI=1S/C19H24N4O/c24-18(19-9-5-4-8-16(19)10-20-14-19)22-17-11-21-23(13-17)12-15-6-2-1-3-7-15/h1-3,6-7,11,13,16,20H,4-5,8-10,12,14H2,(H,22,24)/t16-,19+/m0/s1. The van der Waals surface area contributed by atoms with Gasteiger partial charge in [0, 0.05) is 12.7 Å². The molecule has 126 valence electrons. The van der Waals surface area contributed by atoms with Crippen LogP contribution in [0.25, 0.3) is 0 Å². The molecule has 4 rings (SSSR count). The van der Waals surface area contributed by atoms with E-state index < -0.39 is 0 Å². The fraction of sp³-hybridized carbons (Fsp3) is 0.474. The Morgan fingerprint density at radius 2 is 2.21 bits per heavy atom. The highest BCUT2D eigenvalue weighted by Crippen LogP contribution is 2.44. The van der Waals surface area contributed by atoms with Crippen LogP contribution in [0.3, 0.4) is 0 Å². The first-order chi connectivity index (χ1) is 11.8. The zero-order valence-corrected chi connectivity index (χ0v) is 13.9. The summed E-state index contributed by atoms with van der Waals surface area (Å²) in [6, 6.07) is 10.2. The van der Waals surface area contributed by atoms with Gasteiger partial charge in [0.25, 0.3) is 0 Å². The number of carbonyl (C=O) groups is 1. The van der Waals surface area contributed by atoms with Crippen LogP contribution in [-0.4, -0.2) is 28.8 Å². The van der Waals surface area contributed by atoms with E-state index in [-0.39, 0.29) is 11.3 Å². The zero-order valence-electron chi connectivity index (χ0n) is 13.9. The number of anilines is 1. The van der Waals surface area contributed by atoms with Gasteiger partial charge in [-0.3, -0.25) is 9.48 Å². The number of benzene rings is 1. The highest BCUT2D eigenvalue weighted by atomic mass is 16.2. The maximum atomic E-state index is 13.0. The summed E-state index contributed by atoms with van der Waals surface area (Å²) in [4.78, 5) is 13.0. The number of amides is 1. The Hall–Kier alpha value is -2.14. The first-order valence-corrected chi connectivity index (χ1v) is 8.85. The van der Waals surface area contributed by atoms with Crippen LogP contribution in [0.2, 0.25) is 0 Å². The minimum Gasteiger partial charge on any atom is -0.323 e. The molecule has 0 unspecified atom stereocenters. The maximum absolute atomic E-state index is 13.0. The molecule has 0 bridgehead atoms. The van der Waals surface area contributed by atoms with Gasteiger partial charge in [0.05, 0.1) is 23.8 Å². The van der Waals surface area contributed by atoms with Gasteiger partial charge in [-0.25, -0.2) is 0 Å². The molecule has 1 aromatic heterocycles. The van der Waals surface area contributed by atoms with Crippen molar-refractivity contribution in [3.05, 3.63) is 48.3 Å². The van der Waals surface area contributed by atoms with Crippen molar-refractivity contribution < 1.29 is 4.79 Å². The van der Waals surface area contributed by atoms with Gasteiger partial charge in [0.15, 0.2) is 0 Å². The monoisotopic (exact) mass is 324 g/mol. The number of aromatic nitrogens is 2. The molecular weight excluding hydrogens is 300 g/mol. The number of rotatable bonds is 4. The van der Waals surface area contributed by atoms with Crippen molar-refractivity contribution in [2.45, 2.75) is 32.2 Å². The van der Waals surface area contributed by atoms with Gasteiger partial charge in [-0.1, -0.05) is 43.2 Å². The fourth-order valence-electron chi connectivity index (χ4n) is 4.23. The average Bonchev–Trinajstić information content (AvgIpc) is 3.23. The van der Waals surface area contributed by atoms with Gasteiger partial charge in [0.1, 0.15) is 0 Å². The lowest BCUT2D eigenvalue weighted by atomic mass is 9.67. The van der Waals surface area contributed by atoms with Crippen molar-refractivity contribution in [2.75, 3.05) is 18.4 Å². The number of fused-ring (bicyclic) bond motifs is 1. The summed E-state index contributed by atoms with van der Waals surface area (Å²) in [7, 11) is 0. The summed E-state index contributed by atoms with van der Waals surface area (Å²) in [6.45, 7) is 2.49. The van der Waals surface area contributed by atoms with Crippen molar-refractivity contribution in [2.24, 2.45) is 11.3 Å². The highest BCUT2D eigenvalue weighted by molar-refractivity contribution is 5.96. The van der Waals surface area contributed by atoms with Gasteiger partial charge in [-0.05, 0) is 30.9 Å². The van der Waals surface area contributed by atoms with Crippen molar-refractivity contribution in [3.8, 4) is 0 Å². The van der Waals surface area contributed by atoms with E-state index in [0.717, 1.165) is 38.0 Å². The molecular formula is C19H24N4O. The summed E-state index contributed by atoms with van der Waals surface area (Å²) in [5.41, 5.74) is 1.77. The topological polar surface area (TPSA) is 59.0 Å². The molecule has 0 radical (unpaired) electrons. The van der Waals surface area contributed by atoms with Gasteiger partial charge in [-0.2, -0.15) is 5.10 Å². The first kappa shape index (κ1) is 15.4. The smallest absolute Gasteiger partial charge is 0.232 e. The van der Waals surface area contributed by atoms with Crippen molar-refractivity contribution in [1.82, 2.24) is 15.1 Å². The van der Waals surface area contributed by atoms with Crippen molar-refractivity contribution >= 4 is 11.6 Å². The third-order valence-corrected chi connectivity index (χ3v) is 5.57. The number of hydrogen-bond donors (Lipinski definition) is 2. The second-order valence-corrected chi connectivity index (χ2v) is 7.10. The van der Waals surface area contributed by atoms with E-state index in [1.54, 1.807) is 6.20 Å². The lowest BCUT2D eigenvalue weighted by molar-refractivity contribution is -0.128. The fourth-order valence-corrected chi connectivity index (χ4v) is 4.23. The van der Waals surface area contributed by atoms with Crippen LogP contribution < -0.4 is 10.6 Å². The van der Waals surface area contributed by atoms with Gasteiger partial charge < -0.3 is 10.6 Å². The second kappa shape index (κ2) is 6.40. The molecule has 1 saturated heterocycles. The van der Waals surface area contributed by atoms with Crippen LogP contribution in [0.15, 0.2) is 42.7 Å². The molecule has 1 aliphatic heterocycles. The quantitative estimate of drug-likeness (QED) is 0.909. The Morgan fingerprint density at radius 1 is 1.33 bits per heavy atom. The minimum absolute atomic E-state index is 0.163. The number of hydrogen-bond acceptors (Lipinski definition) is 3. The van der Waals surface area contributed by atoms with Crippen molar-refractivity contribution in [1.29, 1.82) is 0 Å². The average molecular weight is 324 g/mol. The predicted octanol–water partition coefficient (Wildman–Crippen LogP) is 2.65. The Bertz CT molecular complexity index is 711. The zero-order chi connectivity index (χ0) is 16.4. The van der Waals surface area contributed by atoms with Crippen LogP contribution >= 0.6 is 0 Å². The molecule has 0 spiro atoms. The van der Waals surface area contributed by atoms with Crippen LogP contribution in [0.5, 0.6) is 0 Å². The lowest BCUT2D eigenvalue weighted by Crippen LogP contribution is -2.44. The van der Waals surface area contributed by atoms with Gasteiger partial charge in [-0.15, -0.1) is 0 Å². The summed E-state index contributed by atoms with van der Waals surface area (Å²) in [6.07, 6.45) is 8.22. The number of nitrogens with one attached hydrogen (secondary N) is 2. The summed E-state index contributed by atoms with van der Waals surface area (Å²) >= 11 is 0. The molecule has 1 aromatic carbocycles. The molecule has 1 aliphatic carbocycles. The summed E-state index contributed by atoms with van der Waals surface area (Å²) in [5.74, 6) is 0.641. The Morgan fingerprint density at radius 3 is 3.08 bits per heavy atom. The van der Waals surface area contributed by atoms with Crippen LogP contribution in [-0.2, 0) is 11.3 Å². The third-order valence-electron chi connectivity index (χ3n) is 5.57. The Kier molecular flexibility index (Phi) is 4.10. The normalized spacial score (nSPS) is 26.1. The molecule has 2 atom stereocenters. The minimum atomic E-state index is -0.222. The van der Waals surface area contributed by atoms with Crippen LogP contribution in [0, 0.1) is 11.3 Å². The molecule has 1 amide bonds. The van der Waals surface area contributed by atoms with E-state index in [2.05, 4.69) is 27.9 Å². The summed E-state index contributed by atoms with van der Waals surface area (Å²) in [5, 5.41) is 10.9. The first-order valence-electron chi connectivity index (χ1n) is 8.85. The molecule has 2 aromatic rings. The lowest BCUT2D eigenvalue weighted by Gasteiger charge is -2.36. The molecule has 1 saturated carbocycles. The molecule has 2 heterocycles. The van der Waals surface area contributed by atoms with E-state index in [9.17, 15) is 4.79 Å². The Labute approximate surface area is 142 Å². The highest BCUT2D eigenvalue weighted by Gasteiger charge is 2.49. The van der Waals surface area contributed by atoms with E-state index in [0.29, 0.717) is 12.5 Å².